The van der Waals surface area contributed by atoms with E-state index in [-0.39, 0.29) is 6.10 Å². The molecular formula is C8H11BrOS2. The molecule has 0 spiro atoms. The van der Waals surface area contributed by atoms with Crippen LogP contribution < -0.4 is 0 Å². The summed E-state index contributed by atoms with van der Waals surface area (Å²) >= 11 is 6.80. The van der Waals surface area contributed by atoms with Crippen molar-refractivity contribution in [2.24, 2.45) is 0 Å². The third kappa shape index (κ3) is 3.09. The van der Waals surface area contributed by atoms with Gasteiger partial charge in [0.25, 0.3) is 0 Å². The second-order valence-corrected chi connectivity index (χ2v) is 5.27. The summed E-state index contributed by atoms with van der Waals surface area (Å²) < 4.78 is 1.12. The summed E-state index contributed by atoms with van der Waals surface area (Å²) in [4.78, 5) is 1.23. The SMILES string of the molecule is CSCC(O)Cc1sccc1Br. The average Bonchev–Trinajstić information content (AvgIpc) is 2.37. The van der Waals surface area contributed by atoms with Gasteiger partial charge in [-0.1, -0.05) is 0 Å². The van der Waals surface area contributed by atoms with Crippen LogP contribution in [0.5, 0.6) is 0 Å². The fourth-order valence-electron chi connectivity index (χ4n) is 0.936. The van der Waals surface area contributed by atoms with Crippen LogP contribution in [0.1, 0.15) is 4.88 Å². The van der Waals surface area contributed by atoms with Crippen molar-refractivity contribution in [3.63, 3.8) is 0 Å². The van der Waals surface area contributed by atoms with E-state index in [1.807, 2.05) is 17.7 Å². The van der Waals surface area contributed by atoms with Crippen molar-refractivity contribution in [1.82, 2.24) is 0 Å². The lowest BCUT2D eigenvalue weighted by molar-refractivity contribution is 0.201. The highest BCUT2D eigenvalue weighted by Gasteiger charge is 2.08. The van der Waals surface area contributed by atoms with E-state index in [1.54, 1.807) is 23.1 Å². The lowest BCUT2D eigenvalue weighted by Gasteiger charge is -2.06. The summed E-state index contributed by atoms with van der Waals surface area (Å²) in [6.07, 6.45) is 2.56. The van der Waals surface area contributed by atoms with Crippen molar-refractivity contribution in [2.75, 3.05) is 12.0 Å². The molecule has 0 amide bonds. The highest BCUT2D eigenvalue weighted by atomic mass is 79.9. The van der Waals surface area contributed by atoms with Crippen LogP contribution in [0.3, 0.4) is 0 Å². The molecule has 0 aliphatic carbocycles. The van der Waals surface area contributed by atoms with Gasteiger partial charge in [-0.15, -0.1) is 11.3 Å². The monoisotopic (exact) mass is 266 g/mol. The van der Waals surface area contributed by atoms with Gasteiger partial charge in [-0.05, 0) is 33.6 Å². The van der Waals surface area contributed by atoms with Crippen LogP contribution in [0.15, 0.2) is 15.9 Å². The van der Waals surface area contributed by atoms with Crippen LogP contribution >= 0.6 is 39.0 Å². The van der Waals surface area contributed by atoms with Gasteiger partial charge in [0.05, 0.1) is 6.10 Å². The molecule has 1 aromatic rings. The summed E-state index contributed by atoms with van der Waals surface area (Å²) in [7, 11) is 0. The van der Waals surface area contributed by atoms with E-state index < -0.39 is 0 Å². The standard InChI is InChI=1S/C8H11BrOS2/c1-11-5-6(10)4-8-7(9)2-3-12-8/h2-3,6,10H,4-5H2,1H3. The first-order valence-electron chi connectivity index (χ1n) is 3.63. The Morgan fingerprint density at radius 1 is 1.75 bits per heavy atom. The minimum Gasteiger partial charge on any atom is -0.392 e. The van der Waals surface area contributed by atoms with Crippen LogP contribution in [-0.4, -0.2) is 23.2 Å². The highest BCUT2D eigenvalue weighted by molar-refractivity contribution is 9.10. The smallest absolute Gasteiger partial charge is 0.0679 e. The van der Waals surface area contributed by atoms with Gasteiger partial charge in [-0.2, -0.15) is 11.8 Å². The molecule has 0 fully saturated rings. The van der Waals surface area contributed by atoms with E-state index in [0.29, 0.717) is 0 Å². The third-order valence-corrected chi connectivity index (χ3v) is 4.14. The van der Waals surface area contributed by atoms with Crippen molar-refractivity contribution in [2.45, 2.75) is 12.5 Å². The summed E-state index contributed by atoms with van der Waals surface area (Å²) in [5, 5.41) is 11.5. The Kier molecular flexibility index (Phi) is 4.64. The van der Waals surface area contributed by atoms with Crippen LogP contribution in [0, 0.1) is 0 Å². The summed E-state index contributed by atoms with van der Waals surface area (Å²) in [5.74, 6) is 0.810. The van der Waals surface area contributed by atoms with Gasteiger partial charge in [0.15, 0.2) is 0 Å². The van der Waals surface area contributed by atoms with Crippen molar-refractivity contribution in [3.8, 4) is 0 Å². The van der Waals surface area contributed by atoms with E-state index in [4.69, 9.17) is 0 Å². The number of hydrogen-bond acceptors (Lipinski definition) is 3. The van der Waals surface area contributed by atoms with E-state index in [1.165, 1.54) is 4.88 Å². The second-order valence-electron chi connectivity index (χ2n) is 2.51. The Labute approximate surface area is 89.3 Å². The molecule has 0 saturated carbocycles. The zero-order valence-electron chi connectivity index (χ0n) is 6.79. The van der Waals surface area contributed by atoms with Gasteiger partial charge in [0, 0.05) is 21.5 Å². The molecule has 4 heteroatoms. The molecular weight excluding hydrogens is 256 g/mol. The maximum Gasteiger partial charge on any atom is 0.0679 e. The lowest BCUT2D eigenvalue weighted by Crippen LogP contribution is -2.12. The predicted octanol–water partition coefficient (Wildman–Crippen LogP) is 2.78. The molecule has 0 aromatic carbocycles. The maximum absolute atomic E-state index is 9.51. The zero-order valence-corrected chi connectivity index (χ0v) is 10.0. The predicted molar refractivity (Wildman–Crippen MR) is 60.1 cm³/mol. The largest absolute Gasteiger partial charge is 0.392 e. The molecule has 12 heavy (non-hydrogen) atoms. The Morgan fingerprint density at radius 3 is 3.00 bits per heavy atom. The number of thioether (sulfide) groups is 1. The van der Waals surface area contributed by atoms with Crippen LogP contribution in [0.25, 0.3) is 0 Å². The third-order valence-electron chi connectivity index (χ3n) is 1.47. The molecule has 1 unspecified atom stereocenters. The molecule has 1 nitrogen and oxygen atoms in total. The molecule has 0 radical (unpaired) electrons. The first-order valence-corrected chi connectivity index (χ1v) is 6.69. The van der Waals surface area contributed by atoms with Gasteiger partial charge >= 0.3 is 0 Å². The molecule has 1 aromatic heterocycles. The number of rotatable bonds is 4. The lowest BCUT2D eigenvalue weighted by atomic mass is 10.2. The first-order chi connectivity index (χ1) is 5.74. The van der Waals surface area contributed by atoms with E-state index in [0.717, 1.165) is 16.6 Å². The Morgan fingerprint density at radius 2 is 2.50 bits per heavy atom. The highest BCUT2D eigenvalue weighted by Crippen LogP contribution is 2.24. The molecule has 0 saturated heterocycles. The first kappa shape index (κ1) is 10.6. The van der Waals surface area contributed by atoms with Crippen molar-refractivity contribution < 1.29 is 5.11 Å². The molecule has 68 valence electrons. The minimum absolute atomic E-state index is 0.213. The summed E-state index contributed by atoms with van der Waals surface area (Å²) in [5.41, 5.74) is 0. The summed E-state index contributed by atoms with van der Waals surface area (Å²) in [6, 6.07) is 2.02. The second kappa shape index (κ2) is 5.27. The quantitative estimate of drug-likeness (QED) is 0.905. The van der Waals surface area contributed by atoms with Crippen LogP contribution in [0.2, 0.25) is 0 Å². The van der Waals surface area contributed by atoms with Gasteiger partial charge in [0.2, 0.25) is 0 Å². The van der Waals surface area contributed by atoms with Crippen LogP contribution in [-0.2, 0) is 6.42 Å². The zero-order chi connectivity index (χ0) is 8.97. The number of halogens is 1. The van der Waals surface area contributed by atoms with Gasteiger partial charge in [-0.25, -0.2) is 0 Å². The van der Waals surface area contributed by atoms with E-state index in [2.05, 4.69) is 15.9 Å². The average molecular weight is 267 g/mol. The molecule has 1 rings (SSSR count). The molecule has 0 bridgehead atoms. The van der Waals surface area contributed by atoms with Crippen molar-refractivity contribution >= 4 is 39.0 Å². The molecule has 0 aliphatic heterocycles. The Balaban J connectivity index is 2.46. The minimum atomic E-state index is -0.213. The van der Waals surface area contributed by atoms with Gasteiger partial charge in [-0.3, -0.25) is 0 Å². The normalized spacial score (nSPS) is 13.2. The number of thiophene rings is 1. The fraction of sp³-hybridized carbons (Fsp3) is 0.500. The fourth-order valence-corrected chi connectivity index (χ4v) is 3.03. The number of aliphatic hydroxyl groups is 1. The number of hydrogen-bond donors (Lipinski definition) is 1. The molecule has 0 aliphatic rings. The molecule has 1 N–H and O–H groups in total. The molecule has 1 atom stereocenters. The van der Waals surface area contributed by atoms with Gasteiger partial charge < -0.3 is 5.11 Å². The topological polar surface area (TPSA) is 20.2 Å². The summed E-state index contributed by atoms with van der Waals surface area (Å²) in [6.45, 7) is 0. The van der Waals surface area contributed by atoms with Crippen LogP contribution in [0.4, 0.5) is 0 Å². The number of aliphatic hydroxyl groups excluding tert-OH is 1. The van der Waals surface area contributed by atoms with E-state index in [9.17, 15) is 5.11 Å². The Bertz CT molecular complexity index is 237. The Hall–Kier alpha value is 0.490. The molecule has 1 heterocycles. The van der Waals surface area contributed by atoms with Crippen molar-refractivity contribution in [3.05, 3.63) is 20.8 Å². The maximum atomic E-state index is 9.51. The van der Waals surface area contributed by atoms with Crippen molar-refractivity contribution in [1.29, 1.82) is 0 Å². The van der Waals surface area contributed by atoms with E-state index >= 15 is 0 Å². The van der Waals surface area contributed by atoms with Gasteiger partial charge in [0.1, 0.15) is 0 Å².